The first-order chi connectivity index (χ1) is 10.2. The molecule has 0 amide bonds. The van der Waals surface area contributed by atoms with Crippen LogP contribution in [0.1, 0.15) is 23.5 Å². The molecule has 1 aliphatic heterocycles. The average Bonchev–Trinajstić information content (AvgIpc) is 2.50. The van der Waals surface area contributed by atoms with E-state index in [0.29, 0.717) is 12.5 Å². The molecule has 0 fully saturated rings. The van der Waals surface area contributed by atoms with E-state index >= 15 is 0 Å². The largest absolute Gasteiger partial charge is 0.385 e. The van der Waals surface area contributed by atoms with Crippen molar-refractivity contribution in [2.24, 2.45) is 0 Å². The van der Waals surface area contributed by atoms with Gasteiger partial charge in [-0.25, -0.2) is 4.39 Å². The molecule has 21 heavy (non-hydrogen) atoms. The van der Waals surface area contributed by atoms with Crippen molar-refractivity contribution in [3.05, 3.63) is 65.5 Å². The summed E-state index contributed by atoms with van der Waals surface area (Å²) in [5, 5.41) is 3.45. The molecule has 1 atom stereocenters. The summed E-state index contributed by atoms with van der Waals surface area (Å²) in [4.78, 5) is 2.21. The van der Waals surface area contributed by atoms with Crippen LogP contribution in [-0.2, 0) is 6.54 Å². The molecule has 2 nitrogen and oxygen atoms in total. The lowest BCUT2D eigenvalue weighted by Crippen LogP contribution is -2.28. The molecule has 1 unspecified atom stereocenters. The van der Waals surface area contributed by atoms with Gasteiger partial charge in [0, 0.05) is 36.8 Å². The summed E-state index contributed by atoms with van der Waals surface area (Å²) < 4.78 is 13.7. The Balaban J connectivity index is 1.69. The number of benzene rings is 2. The first-order valence-corrected chi connectivity index (χ1v) is 7.49. The normalized spacial score (nSPS) is 17.4. The van der Waals surface area contributed by atoms with Gasteiger partial charge in [-0.05, 0) is 31.2 Å². The van der Waals surface area contributed by atoms with Gasteiger partial charge in [-0.15, -0.1) is 0 Å². The number of para-hydroxylation sites is 1. The predicted molar refractivity (Wildman–Crippen MR) is 85.0 cm³/mol. The summed E-state index contributed by atoms with van der Waals surface area (Å²) in [6.07, 6.45) is 1.12. The summed E-state index contributed by atoms with van der Waals surface area (Å²) >= 11 is 0. The average molecular weight is 284 g/mol. The Morgan fingerprint density at radius 3 is 2.76 bits per heavy atom. The van der Waals surface area contributed by atoms with E-state index in [1.807, 2.05) is 12.1 Å². The lowest BCUT2D eigenvalue weighted by molar-refractivity contribution is 0.293. The summed E-state index contributed by atoms with van der Waals surface area (Å²) in [7, 11) is 2.07. The van der Waals surface area contributed by atoms with Gasteiger partial charge in [0.15, 0.2) is 0 Å². The highest BCUT2D eigenvalue weighted by molar-refractivity contribution is 5.54. The Kier molecular flexibility index (Phi) is 4.20. The van der Waals surface area contributed by atoms with Gasteiger partial charge in [-0.3, -0.25) is 0 Å². The molecular formula is C18H21FN2. The van der Waals surface area contributed by atoms with Crippen molar-refractivity contribution in [2.45, 2.75) is 18.9 Å². The van der Waals surface area contributed by atoms with E-state index in [9.17, 15) is 4.39 Å². The van der Waals surface area contributed by atoms with Crippen LogP contribution in [0.4, 0.5) is 10.1 Å². The minimum Gasteiger partial charge on any atom is -0.385 e. The van der Waals surface area contributed by atoms with Crippen molar-refractivity contribution in [1.29, 1.82) is 0 Å². The number of rotatable bonds is 4. The first-order valence-electron chi connectivity index (χ1n) is 7.49. The molecule has 3 heteroatoms. The van der Waals surface area contributed by atoms with Gasteiger partial charge in [0.05, 0.1) is 0 Å². The third kappa shape index (κ3) is 3.24. The van der Waals surface area contributed by atoms with Crippen LogP contribution in [0.2, 0.25) is 0 Å². The van der Waals surface area contributed by atoms with Crippen LogP contribution in [0.3, 0.4) is 0 Å². The maximum absolute atomic E-state index is 13.7. The highest BCUT2D eigenvalue weighted by Gasteiger charge is 2.21. The van der Waals surface area contributed by atoms with Crippen LogP contribution < -0.4 is 5.32 Å². The van der Waals surface area contributed by atoms with Crippen molar-refractivity contribution in [2.75, 3.05) is 25.5 Å². The van der Waals surface area contributed by atoms with E-state index in [1.54, 1.807) is 6.07 Å². The van der Waals surface area contributed by atoms with Gasteiger partial charge in [0.2, 0.25) is 0 Å². The zero-order chi connectivity index (χ0) is 14.7. The predicted octanol–water partition coefficient (Wildman–Crippen LogP) is 3.86. The van der Waals surface area contributed by atoms with Crippen molar-refractivity contribution >= 4 is 5.69 Å². The second-order valence-electron chi connectivity index (χ2n) is 5.79. The lowest BCUT2D eigenvalue weighted by Gasteiger charge is -2.30. The van der Waals surface area contributed by atoms with Gasteiger partial charge < -0.3 is 10.2 Å². The fourth-order valence-corrected chi connectivity index (χ4v) is 3.10. The number of nitrogens with zero attached hydrogens (tertiary/aromatic N) is 1. The van der Waals surface area contributed by atoms with Crippen molar-refractivity contribution in [3.8, 4) is 0 Å². The number of likely N-dealkylation sites (N-methyl/N-ethyl adjacent to an activating group) is 1. The van der Waals surface area contributed by atoms with Crippen LogP contribution in [0.15, 0.2) is 48.5 Å². The van der Waals surface area contributed by atoms with Gasteiger partial charge in [0.25, 0.3) is 0 Å². The van der Waals surface area contributed by atoms with E-state index in [2.05, 4.69) is 41.5 Å². The molecule has 3 rings (SSSR count). The third-order valence-electron chi connectivity index (χ3n) is 4.14. The monoisotopic (exact) mass is 284 g/mol. The molecule has 0 saturated heterocycles. The van der Waals surface area contributed by atoms with Gasteiger partial charge in [-0.2, -0.15) is 0 Å². The van der Waals surface area contributed by atoms with E-state index in [-0.39, 0.29) is 5.82 Å². The molecular weight excluding hydrogens is 263 g/mol. The molecule has 0 bridgehead atoms. The molecule has 2 aromatic carbocycles. The second kappa shape index (κ2) is 6.27. The topological polar surface area (TPSA) is 15.3 Å². The fourth-order valence-electron chi connectivity index (χ4n) is 3.10. The zero-order valence-corrected chi connectivity index (χ0v) is 12.3. The second-order valence-corrected chi connectivity index (χ2v) is 5.79. The summed E-state index contributed by atoms with van der Waals surface area (Å²) in [5.74, 6) is 0.397. The molecule has 1 aliphatic rings. The Labute approximate surface area is 125 Å². The van der Waals surface area contributed by atoms with Crippen LogP contribution in [-0.4, -0.2) is 25.0 Å². The fraction of sp³-hybridized carbons (Fsp3) is 0.333. The van der Waals surface area contributed by atoms with Crippen LogP contribution in [0.5, 0.6) is 0 Å². The maximum atomic E-state index is 13.7. The Morgan fingerprint density at radius 1 is 1.14 bits per heavy atom. The number of fused-ring (bicyclic) bond motifs is 1. The molecule has 1 heterocycles. The number of anilines is 1. The summed E-state index contributed by atoms with van der Waals surface area (Å²) in [6.45, 7) is 2.61. The maximum Gasteiger partial charge on any atom is 0.127 e. The van der Waals surface area contributed by atoms with Gasteiger partial charge >= 0.3 is 0 Å². The lowest BCUT2D eigenvalue weighted by atomic mass is 9.90. The molecule has 0 spiro atoms. The van der Waals surface area contributed by atoms with E-state index in [0.717, 1.165) is 25.1 Å². The Hall–Kier alpha value is -1.87. The summed E-state index contributed by atoms with van der Waals surface area (Å²) in [6, 6.07) is 15.5. The molecule has 0 radical (unpaired) electrons. The minimum absolute atomic E-state index is 0.116. The number of hydrogen-bond acceptors (Lipinski definition) is 2. The SMILES string of the molecule is CN(Cc1ccccc1F)CC1CCNc2ccccc21. The number of halogens is 1. The van der Waals surface area contributed by atoms with Crippen molar-refractivity contribution < 1.29 is 4.39 Å². The van der Waals surface area contributed by atoms with Gasteiger partial charge in [0.1, 0.15) is 5.82 Å². The van der Waals surface area contributed by atoms with Crippen LogP contribution >= 0.6 is 0 Å². The molecule has 1 N–H and O–H groups in total. The van der Waals surface area contributed by atoms with Crippen molar-refractivity contribution in [3.63, 3.8) is 0 Å². The van der Waals surface area contributed by atoms with E-state index in [4.69, 9.17) is 0 Å². The molecule has 0 aliphatic carbocycles. The standard InChI is InChI=1S/C18H21FN2/c1-21(13-15-6-2-4-8-17(15)19)12-14-10-11-20-18-9-5-3-7-16(14)18/h2-9,14,20H,10-13H2,1H3. The summed E-state index contributed by atoms with van der Waals surface area (Å²) in [5.41, 5.74) is 3.39. The van der Waals surface area contributed by atoms with Crippen LogP contribution in [0.25, 0.3) is 0 Å². The number of nitrogens with one attached hydrogen (secondary N) is 1. The smallest absolute Gasteiger partial charge is 0.127 e. The molecule has 0 saturated carbocycles. The molecule has 2 aromatic rings. The van der Waals surface area contributed by atoms with Crippen LogP contribution in [0, 0.1) is 5.82 Å². The van der Waals surface area contributed by atoms with Crippen molar-refractivity contribution in [1.82, 2.24) is 4.90 Å². The highest BCUT2D eigenvalue weighted by atomic mass is 19.1. The highest BCUT2D eigenvalue weighted by Crippen LogP contribution is 2.31. The Morgan fingerprint density at radius 2 is 1.90 bits per heavy atom. The number of hydrogen-bond donors (Lipinski definition) is 1. The van der Waals surface area contributed by atoms with E-state index in [1.165, 1.54) is 17.3 Å². The minimum atomic E-state index is -0.116. The van der Waals surface area contributed by atoms with Gasteiger partial charge in [-0.1, -0.05) is 36.4 Å². The first kappa shape index (κ1) is 14.1. The molecule has 0 aromatic heterocycles. The third-order valence-corrected chi connectivity index (χ3v) is 4.14. The Bertz CT molecular complexity index is 612. The quantitative estimate of drug-likeness (QED) is 0.917. The van der Waals surface area contributed by atoms with E-state index < -0.39 is 0 Å². The molecule has 110 valence electrons. The zero-order valence-electron chi connectivity index (χ0n) is 12.3.